The summed E-state index contributed by atoms with van der Waals surface area (Å²) in [6, 6.07) is 18.6. The summed E-state index contributed by atoms with van der Waals surface area (Å²) in [6.45, 7) is 0.606. The maximum absolute atomic E-state index is 4.81. The highest BCUT2D eigenvalue weighted by Gasteiger charge is 2.19. The normalized spacial score (nSPS) is 12.9. The highest BCUT2D eigenvalue weighted by molar-refractivity contribution is 6.16. The largest absolute Gasteiger partial charge is 0.279 e. The molecule has 100 valence electrons. The van der Waals surface area contributed by atoms with Crippen molar-refractivity contribution >= 4 is 5.71 Å². The molecule has 4 rings (SSSR count). The van der Waals surface area contributed by atoms with Gasteiger partial charge in [-0.25, -0.2) is 9.97 Å². The van der Waals surface area contributed by atoms with Gasteiger partial charge in [0.15, 0.2) is 0 Å². The van der Waals surface area contributed by atoms with E-state index < -0.39 is 0 Å². The van der Waals surface area contributed by atoms with Crippen LogP contribution < -0.4 is 0 Å². The van der Waals surface area contributed by atoms with Gasteiger partial charge in [-0.15, -0.1) is 0 Å². The number of rotatable bonds is 1. The molecule has 3 nitrogen and oxygen atoms in total. The van der Waals surface area contributed by atoms with Crippen LogP contribution in [0.2, 0.25) is 0 Å². The minimum Gasteiger partial charge on any atom is -0.279 e. The lowest BCUT2D eigenvalue weighted by Gasteiger charge is -2.10. The second-order valence-corrected chi connectivity index (χ2v) is 4.97. The van der Waals surface area contributed by atoms with Gasteiger partial charge in [0.1, 0.15) is 6.33 Å². The van der Waals surface area contributed by atoms with E-state index in [0.29, 0.717) is 6.54 Å². The first-order valence-corrected chi connectivity index (χ1v) is 6.92. The molecule has 0 unspecified atom stereocenters. The van der Waals surface area contributed by atoms with Crippen LogP contribution in [0.15, 0.2) is 72.1 Å². The Bertz CT molecular complexity index is 823. The molecule has 1 aliphatic rings. The molecule has 0 spiro atoms. The molecule has 0 amide bonds. The summed E-state index contributed by atoms with van der Waals surface area (Å²) in [6.07, 6.45) is 3.46. The lowest BCUT2D eigenvalue weighted by atomic mass is 9.95. The van der Waals surface area contributed by atoms with Crippen molar-refractivity contribution < 1.29 is 0 Å². The van der Waals surface area contributed by atoms with Crippen LogP contribution in [0.5, 0.6) is 0 Å². The first kappa shape index (κ1) is 12.0. The van der Waals surface area contributed by atoms with Gasteiger partial charge in [-0.05, 0) is 0 Å². The van der Waals surface area contributed by atoms with Gasteiger partial charge in [-0.2, -0.15) is 0 Å². The first-order valence-electron chi connectivity index (χ1n) is 6.92. The van der Waals surface area contributed by atoms with E-state index in [9.17, 15) is 0 Å². The van der Waals surface area contributed by atoms with Gasteiger partial charge in [0.05, 0.1) is 18.0 Å². The van der Waals surface area contributed by atoms with Crippen molar-refractivity contribution in [3.8, 4) is 11.3 Å². The summed E-state index contributed by atoms with van der Waals surface area (Å²) in [5.74, 6) is 0. The zero-order chi connectivity index (χ0) is 14.1. The van der Waals surface area contributed by atoms with Crippen molar-refractivity contribution in [2.75, 3.05) is 0 Å². The summed E-state index contributed by atoms with van der Waals surface area (Å²) in [5.41, 5.74) is 6.44. The van der Waals surface area contributed by atoms with E-state index in [1.165, 1.54) is 0 Å². The Kier molecular flexibility index (Phi) is 2.82. The molecule has 0 aliphatic carbocycles. The van der Waals surface area contributed by atoms with Crippen LogP contribution in [-0.4, -0.2) is 15.7 Å². The zero-order valence-electron chi connectivity index (χ0n) is 11.4. The van der Waals surface area contributed by atoms with Gasteiger partial charge in [0, 0.05) is 28.5 Å². The number of aliphatic imine (C=N–C) groups is 1. The summed E-state index contributed by atoms with van der Waals surface area (Å²) < 4.78 is 0. The van der Waals surface area contributed by atoms with E-state index in [2.05, 4.69) is 34.2 Å². The van der Waals surface area contributed by atoms with Gasteiger partial charge in [0.25, 0.3) is 0 Å². The van der Waals surface area contributed by atoms with E-state index in [1.807, 2.05) is 36.5 Å². The van der Waals surface area contributed by atoms with E-state index in [-0.39, 0.29) is 0 Å². The highest BCUT2D eigenvalue weighted by atomic mass is 14.9. The minimum atomic E-state index is 0.606. The predicted octanol–water partition coefficient (Wildman–Crippen LogP) is 3.49. The summed E-state index contributed by atoms with van der Waals surface area (Å²) in [4.78, 5) is 13.4. The standard InChI is InChI=1S/C18H13N3/c1-2-6-13(7-3-1)17-15-8-4-5-9-16(15)18-14(11-20-17)10-19-12-21-18/h1-10,12H,11H2. The molecule has 1 aromatic heterocycles. The molecule has 3 heteroatoms. The Balaban J connectivity index is 1.99. The first-order chi connectivity index (χ1) is 10.4. The van der Waals surface area contributed by atoms with Crippen LogP contribution >= 0.6 is 0 Å². The molecular weight excluding hydrogens is 258 g/mol. The van der Waals surface area contributed by atoms with Crippen LogP contribution in [0.4, 0.5) is 0 Å². The van der Waals surface area contributed by atoms with E-state index in [1.54, 1.807) is 6.33 Å². The Morgan fingerprint density at radius 3 is 2.43 bits per heavy atom. The maximum Gasteiger partial charge on any atom is 0.116 e. The number of hydrogen-bond donors (Lipinski definition) is 0. The number of nitrogens with zero attached hydrogens (tertiary/aromatic N) is 3. The second-order valence-electron chi connectivity index (χ2n) is 4.97. The monoisotopic (exact) mass is 271 g/mol. The number of aromatic nitrogens is 2. The fourth-order valence-electron chi connectivity index (χ4n) is 2.70. The third-order valence-corrected chi connectivity index (χ3v) is 3.68. The molecule has 0 saturated heterocycles. The van der Waals surface area contributed by atoms with Crippen LogP contribution in [-0.2, 0) is 6.54 Å². The molecule has 2 heterocycles. The van der Waals surface area contributed by atoms with Gasteiger partial charge in [-0.1, -0.05) is 54.6 Å². The smallest absolute Gasteiger partial charge is 0.116 e. The zero-order valence-corrected chi connectivity index (χ0v) is 11.4. The van der Waals surface area contributed by atoms with Crippen molar-refractivity contribution in [3.05, 3.63) is 83.8 Å². The van der Waals surface area contributed by atoms with Crippen molar-refractivity contribution in [1.29, 1.82) is 0 Å². The molecule has 2 aromatic carbocycles. The molecule has 0 fully saturated rings. The summed E-state index contributed by atoms with van der Waals surface area (Å²) in [5, 5.41) is 0. The van der Waals surface area contributed by atoms with Crippen LogP contribution in [0.3, 0.4) is 0 Å². The predicted molar refractivity (Wildman–Crippen MR) is 83.3 cm³/mol. The SMILES string of the molecule is c1ccc(C2=NCc3cncnc3-c3ccccc32)cc1. The van der Waals surface area contributed by atoms with E-state index >= 15 is 0 Å². The molecule has 0 atom stereocenters. The van der Waals surface area contributed by atoms with Gasteiger partial charge in [-0.3, -0.25) is 4.99 Å². The topological polar surface area (TPSA) is 38.1 Å². The molecule has 0 bridgehead atoms. The molecule has 3 aromatic rings. The molecule has 0 N–H and O–H groups in total. The van der Waals surface area contributed by atoms with Crippen molar-refractivity contribution in [3.63, 3.8) is 0 Å². The molecular formula is C18H13N3. The van der Waals surface area contributed by atoms with Crippen molar-refractivity contribution in [1.82, 2.24) is 9.97 Å². The van der Waals surface area contributed by atoms with Crippen LogP contribution in [0.25, 0.3) is 11.3 Å². The third-order valence-electron chi connectivity index (χ3n) is 3.68. The van der Waals surface area contributed by atoms with Crippen LogP contribution in [0, 0.1) is 0 Å². The Hall–Kier alpha value is -2.81. The summed E-state index contributed by atoms with van der Waals surface area (Å²) in [7, 11) is 0. The third kappa shape index (κ3) is 2.03. The van der Waals surface area contributed by atoms with Crippen molar-refractivity contribution in [2.24, 2.45) is 4.99 Å². The molecule has 21 heavy (non-hydrogen) atoms. The number of fused-ring (bicyclic) bond motifs is 3. The maximum atomic E-state index is 4.81. The average molecular weight is 271 g/mol. The van der Waals surface area contributed by atoms with Crippen LogP contribution in [0.1, 0.15) is 16.7 Å². The average Bonchev–Trinajstić information content (AvgIpc) is 2.73. The lowest BCUT2D eigenvalue weighted by Crippen LogP contribution is -2.04. The number of hydrogen-bond acceptors (Lipinski definition) is 3. The van der Waals surface area contributed by atoms with Gasteiger partial charge >= 0.3 is 0 Å². The second kappa shape index (κ2) is 4.94. The molecule has 0 saturated carbocycles. The van der Waals surface area contributed by atoms with Gasteiger partial charge in [0.2, 0.25) is 0 Å². The Labute approximate surface area is 123 Å². The number of benzene rings is 2. The summed E-state index contributed by atoms with van der Waals surface area (Å²) >= 11 is 0. The minimum absolute atomic E-state index is 0.606. The molecule has 1 aliphatic heterocycles. The Morgan fingerprint density at radius 2 is 1.57 bits per heavy atom. The van der Waals surface area contributed by atoms with Crippen molar-refractivity contribution in [2.45, 2.75) is 6.54 Å². The Morgan fingerprint density at radius 1 is 0.810 bits per heavy atom. The van der Waals surface area contributed by atoms with E-state index in [4.69, 9.17) is 4.99 Å². The fraction of sp³-hybridized carbons (Fsp3) is 0.0556. The van der Waals surface area contributed by atoms with Gasteiger partial charge < -0.3 is 0 Å². The quantitative estimate of drug-likeness (QED) is 0.679. The molecule has 0 radical (unpaired) electrons. The highest BCUT2D eigenvalue weighted by Crippen LogP contribution is 2.30. The van der Waals surface area contributed by atoms with E-state index in [0.717, 1.165) is 33.7 Å². The lowest BCUT2D eigenvalue weighted by molar-refractivity contribution is 1.02. The fourth-order valence-corrected chi connectivity index (χ4v) is 2.70.